The van der Waals surface area contributed by atoms with Crippen molar-refractivity contribution in [2.75, 3.05) is 19.7 Å². The Morgan fingerprint density at radius 1 is 0.975 bits per heavy atom. The molecular weight excluding hydrogens is 502 g/mol. The molecule has 12 atom stereocenters. The van der Waals surface area contributed by atoms with Crippen molar-refractivity contribution in [1.29, 1.82) is 0 Å². The Balaban J connectivity index is 0.00000110. The molecule has 7 aliphatic rings. The second-order valence-electron chi connectivity index (χ2n) is 15.3. The highest BCUT2D eigenvalue weighted by Crippen LogP contribution is 2.87. The van der Waals surface area contributed by atoms with E-state index in [1.807, 2.05) is 20.8 Å². The van der Waals surface area contributed by atoms with Crippen LogP contribution in [0.4, 0.5) is 0 Å². The number of nitrogens with one attached hydrogen (secondary N) is 1. The van der Waals surface area contributed by atoms with Gasteiger partial charge in [0.15, 0.2) is 6.29 Å². The van der Waals surface area contributed by atoms with Crippen molar-refractivity contribution in [1.82, 2.24) is 5.32 Å². The van der Waals surface area contributed by atoms with E-state index in [9.17, 15) is 4.79 Å². The van der Waals surface area contributed by atoms with E-state index >= 15 is 0 Å². The van der Waals surface area contributed by atoms with E-state index in [1.165, 1.54) is 64.7 Å². The van der Waals surface area contributed by atoms with Crippen LogP contribution < -0.4 is 5.32 Å². The molecule has 2 heterocycles. The number of hydrogen-bond acceptors (Lipinski definition) is 6. The zero-order chi connectivity index (χ0) is 28.5. The van der Waals surface area contributed by atoms with Gasteiger partial charge in [-0.25, -0.2) is 0 Å². The molecule has 40 heavy (non-hydrogen) atoms. The first kappa shape index (κ1) is 29.4. The number of ether oxygens (including phenoxy) is 4. The fourth-order valence-electron chi connectivity index (χ4n) is 12.0. The summed E-state index contributed by atoms with van der Waals surface area (Å²) in [6.07, 6.45) is 13.5. The quantitative estimate of drug-likeness (QED) is 0.383. The van der Waals surface area contributed by atoms with Crippen LogP contribution in [0.2, 0.25) is 0 Å². The Hall–Kier alpha value is -0.690. The molecule has 6 heteroatoms. The summed E-state index contributed by atoms with van der Waals surface area (Å²) in [5.74, 6) is 2.88. The molecule has 0 aromatic heterocycles. The maximum absolute atomic E-state index is 11.6. The molecule has 2 saturated heterocycles. The second-order valence-corrected chi connectivity index (χ2v) is 15.3. The summed E-state index contributed by atoms with van der Waals surface area (Å²) >= 11 is 0. The molecule has 0 amide bonds. The maximum Gasteiger partial charge on any atom is 0.302 e. The van der Waals surface area contributed by atoms with Crippen molar-refractivity contribution < 1.29 is 25.2 Å². The summed E-state index contributed by atoms with van der Waals surface area (Å²) < 4.78 is 24.9. The molecule has 2 spiro atoms. The highest BCUT2D eigenvalue weighted by molar-refractivity contribution is 5.66. The van der Waals surface area contributed by atoms with Gasteiger partial charge in [0, 0.05) is 21.4 Å². The monoisotopic (exact) mass is 561 g/mol. The number of carbonyl (C=O) groups excluding carboxylic acids is 1. The average molecular weight is 562 g/mol. The fraction of sp³-hybridized carbons (Fsp3) is 0.971. The van der Waals surface area contributed by atoms with Gasteiger partial charge < -0.3 is 24.3 Å². The number of carbonyl (C=O) groups is 1. The summed E-state index contributed by atoms with van der Waals surface area (Å²) in [5.41, 5.74) is 1.70. The third-order valence-electron chi connectivity index (χ3n) is 13.6. The molecule has 0 aromatic rings. The van der Waals surface area contributed by atoms with E-state index in [0.29, 0.717) is 34.4 Å². The zero-order valence-corrected chi connectivity index (χ0v) is 26.4. The predicted molar refractivity (Wildman–Crippen MR) is 158 cm³/mol. The lowest BCUT2D eigenvalue weighted by Gasteiger charge is -2.60. The van der Waals surface area contributed by atoms with E-state index in [2.05, 4.69) is 26.1 Å². The molecule has 9 unspecified atom stereocenters. The summed E-state index contributed by atoms with van der Waals surface area (Å²) in [6, 6.07) is 0. The first-order chi connectivity index (χ1) is 19.1. The highest BCUT2D eigenvalue weighted by atomic mass is 16.7. The zero-order valence-electron chi connectivity index (χ0n) is 26.4. The summed E-state index contributed by atoms with van der Waals surface area (Å²) in [5, 5.41) is 3.44. The molecular formula is C34H59NO5. The van der Waals surface area contributed by atoms with Crippen LogP contribution >= 0.6 is 0 Å². The van der Waals surface area contributed by atoms with Crippen molar-refractivity contribution in [3.8, 4) is 0 Å². The van der Waals surface area contributed by atoms with E-state index in [0.717, 1.165) is 43.9 Å². The molecule has 230 valence electrons. The van der Waals surface area contributed by atoms with E-state index < -0.39 is 0 Å². The minimum atomic E-state index is -0.195. The predicted octanol–water partition coefficient (Wildman–Crippen LogP) is 6.75. The van der Waals surface area contributed by atoms with Gasteiger partial charge in [-0.2, -0.15) is 0 Å². The van der Waals surface area contributed by atoms with Gasteiger partial charge in [-0.15, -0.1) is 0 Å². The largest absolute Gasteiger partial charge is 0.460 e. The minimum Gasteiger partial charge on any atom is -0.460 e. The van der Waals surface area contributed by atoms with Gasteiger partial charge in [0.1, 0.15) is 6.10 Å². The minimum absolute atomic E-state index is 0. The third kappa shape index (κ3) is 4.27. The van der Waals surface area contributed by atoms with Crippen LogP contribution in [0.25, 0.3) is 0 Å². The fourth-order valence-corrected chi connectivity index (χ4v) is 12.0. The molecule has 0 bridgehead atoms. The van der Waals surface area contributed by atoms with Crippen LogP contribution in [-0.4, -0.2) is 56.4 Å². The SMILES string of the molecule is CC.CC(=O)O[C@H](C)C1CCC2C(CC3C4CCC5C(C)(C)[C@@H](OC6CNCCO6)CCC56C[C@@]46CCC23C)O1.[HH]. The Kier molecular flexibility index (Phi) is 7.70. The van der Waals surface area contributed by atoms with Gasteiger partial charge >= 0.3 is 5.97 Å². The van der Waals surface area contributed by atoms with E-state index in [1.54, 1.807) is 0 Å². The number of morpholine rings is 1. The Labute approximate surface area is 244 Å². The average Bonchev–Trinajstić information content (AvgIpc) is 3.51. The van der Waals surface area contributed by atoms with Crippen molar-refractivity contribution in [2.45, 2.75) is 143 Å². The van der Waals surface area contributed by atoms with Crippen LogP contribution in [0, 0.1) is 45.3 Å². The topological polar surface area (TPSA) is 66.0 Å². The molecule has 7 rings (SSSR count). The lowest BCUT2D eigenvalue weighted by Crippen LogP contribution is -2.56. The van der Waals surface area contributed by atoms with Crippen molar-refractivity contribution in [2.24, 2.45) is 45.3 Å². The van der Waals surface area contributed by atoms with Gasteiger partial charge in [0.25, 0.3) is 0 Å². The van der Waals surface area contributed by atoms with Crippen molar-refractivity contribution in [3.05, 3.63) is 0 Å². The Bertz CT molecular complexity index is 955. The first-order valence-corrected chi connectivity index (χ1v) is 16.9. The lowest BCUT2D eigenvalue weighted by molar-refractivity contribution is -0.232. The number of hydrogen-bond donors (Lipinski definition) is 1. The Morgan fingerprint density at radius 2 is 1.75 bits per heavy atom. The highest BCUT2D eigenvalue weighted by Gasteiger charge is 2.80. The molecule has 5 aliphatic carbocycles. The van der Waals surface area contributed by atoms with Crippen LogP contribution in [0.5, 0.6) is 0 Å². The number of esters is 1. The van der Waals surface area contributed by atoms with E-state index in [-0.39, 0.29) is 31.3 Å². The van der Waals surface area contributed by atoms with E-state index in [4.69, 9.17) is 18.9 Å². The standard InChI is InChI=1S/C32H51NO5.C2H6.H2/c1-19(36-20(2)34)24-8-6-22-25(37-24)16-23-21-7-9-26-29(3,4)27(38-28-17-33-14-15-35-28)10-11-32(26)18-31(21,32)13-12-30(22,23)5;1-2;/h19,21-28,33H,6-18H2,1-5H3;1-2H3;1H/t19-,21?,22?,23?,24?,25?,26?,27+,28?,30?,31+,32?;;/m1../s1. The van der Waals surface area contributed by atoms with Gasteiger partial charge in [0.05, 0.1) is 24.9 Å². The molecule has 1 N–H and O–H groups in total. The third-order valence-corrected chi connectivity index (χ3v) is 13.6. The Morgan fingerprint density at radius 3 is 2.48 bits per heavy atom. The van der Waals surface area contributed by atoms with Gasteiger partial charge in [-0.3, -0.25) is 4.79 Å². The van der Waals surface area contributed by atoms with Gasteiger partial charge in [0.2, 0.25) is 0 Å². The molecule has 5 saturated carbocycles. The van der Waals surface area contributed by atoms with Gasteiger partial charge in [-0.1, -0.05) is 34.6 Å². The van der Waals surface area contributed by atoms with Crippen LogP contribution in [0.3, 0.4) is 0 Å². The van der Waals surface area contributed by atoms with Crippen LogP contribution in [0.1, 0.15) is 114 Å². The first-order valence-electron chi connectivity index (χ1n) is 16.9. The summed E-state index contributed by atoms with van der Waals surface area (Å²) in [6.45, 7) is 17.7. The summed E-state index contributed by atoms with van der Waals surface area (Å²) in [4.78, 5) is 11.6. The maximum atomic E-state index is 11.6. The second kappa shape index (κ2) is 10.5. The van der Waals surface area contributed by atoms with Gasteiger partial charge in [-0.05, 0) is 116 Å². The smallest absolute Gasteiger partial charge is 0.302 e. The number of fused-ring (bicyclic) bond motifs is 4. The normalized spacial score (nSPS) is 50.9. The summed E-state index contributed by atoms with van der Waals surface area (Å²) in [7, 11) is 0. The molecule has 7 fully saturated rings. The molecule has 2 aliphatic heterocycles. The lowest BCUT2D eigenvalue weighted by atomic mass is 9.46. The molecule has 6 nitrogen and oxygen atoms in total. The number of rotatable bonds is 4. The van der Waals surface area contributed by atoms with Crippen LogP contribution in [0.15, 0.2) is 0 Å². The molecule has 0 radical (unpaired) electrons. The van der Waals surface area contributed by atoms with Crippen LogP contribution in [-0.2, 0) is 23.7 Å². The van der Waals surface area contributed by atoms with Crippen molar-refractivity contribution in [3.63, 3.8) is 0 Å². The van der Waals surface area contributed by atoms with Crippen molar-refractivity contribution >= 4 is 5.97 Å². The molecule has 0 aromatic carbocycles.